The maximum absolute atomic E-state index is 14.5. The molecule has 236 valence electrons. The molecule has 0 saturated carbocycles. The fourth-order valence-electron chi connectivity index (χ4n) is 5.02. The van der Waals surface area contributed by atoms with Gasteiger partial charge in [0.2, 0.25) is 11.8 Å². The average molecular weight is 646 g/mol. The van der Waals surface area contributed by atoms with Crippen LogP contribution in [0.5, 0.6) is 0 Å². The second kappa shape index (κ2) is 16.3. The van der Waals surface area contributed by atoms with Gasteiger partial charge in [-0.15, -0.1) is 0 Å². The Morgan fingerprint density at radius 1 is 0.800 bits per heavy atom. The topological polar surface area (TPSA) is 86.8 Å². The number of hydrogen-bond acceptors (Lipinski definition) is 4. The molecule has 0 fully saturated rings. The first-order chi connectivity index (χ1) is 21.7. The lowest BCUT2D eigenvalue weighted by atomic mass is 10.0. The summed E-state index contributed by atoms with van der Waals surface area (Å²) in [6.07, 6.45) is 2.71. The molecule has 4 rings (SSSR count). The Morgan fingerprint density at radius 3 is 2.04 bits per heavy atom. The molecule has 2 amide bonds. The fraction of sp³-hybridized carbons (Fsp3) is 0.278. The highest BCUT2D eigenvalue weighted by molar-refractivity contribution is 7.92. The van der Waals surface area contributed by atoms with Crippen LogP contribution in [0.15, 0.2) is 114 Å². The maximum Gasteiger partial charge on any atom is 0.264 e. The van der Waals surface area contributed by atoms with Crippen molar-refractivity contribution in [2.24, 2.45) is 0 Å². The Labute approximate surface area is 271 Å². The Morgan fingerprint density at radius 2 is 1.42 bits per heavy atom. The number of carbonyl (C=O) groups is 2. The van der Waals surface area contributed by atoms with Gasteiger partial charge in [-0.25, -0.2) is 8.42 Å². The van der Waals surface area contributed by atoms with E-state index in [1.165, 1.54) is 17.0 Å². The van der Waals surface area contributed by atoms with E-state index in [1.54, 1.807) is 48.5 Å². The molecule has 0 radical (unpaired) electrons. The predicted molar refractivity (Wildman–Crippen MR) is 181 cm³/mol. The molecule has 0 heterocycles. The van der Waals surface area contributed by atoms with Crippen LogP contribution in [0.2, 0.25) is 5.02 Å². The molecule has 1 N–H and O–H groups in total. The van der Waals surface area contributed by atoms with Gasteiger partial charge in [-0.1, -0.05) is 111 Å². The number of unbranched alkanes of at least 4 members (excludes halogenated alkanes) is 1. The minimum absolute atomic E-state index is 0.0190. The van der Waals surface area contributed by atoms with Crippen molar-refractivity contribution in [3.63, 3.8) is 0 Å². The second-order valence-electron chi connectivity index (χ2n) is 10.8. The number of aryl methyl sites for hydroxylation is 1. The first kappa shape index (κ1) is 33.7. The zero-order valence-electron chi connectivity index (χ0n) is 25.7. The molecule has 4 aromatic carbocycles. The normalized spacial score (nSPS) is 11.9. The van der Waals surface area contributed by atoms with E-state index in [1.807, 2.05) is 62.4 Å². The van der Waals surface area contributed by atoms with Crippen LogP contribution in [0, 0.1) is 0 Å². The third-order valence-corrected chi connectivity index (χ3v) is 9.80. The Bertz CT molecular complexity index is 1650. The first-order valence-electron chi connectivity index (χ1n) is 15.3. The Balaban J connectivity index is 1.79. The van der Waals surface area contributed by atoms with Crippen LogP contribution in [-0.4, -0.2) is 44.3 Å². The van der Waals surface area contributed by atoms with E-state index in [4.69, 9.17) is 11.6 Å². The monoisotopic (exact) mass is 645 g/mol. The number of hydrogen-bond donors (Lipinski definition) is 1. The van der Waals surface area contributed by atoms with Crippen LogP contribution in [0.3, 0.4) is 0 Å². The number of nitrogens with one attached hydrogen (secondary N) is 1. The van der Waals surface area contributed by atoms with Gasteiger partial charge in [0, 0.05) is 24.5 Å². The van der Waals surface area contributed by atoms with Gasteiger partial charge in [-0.3, -0.25) is 13.9 Å². The number of amides is 2. The lowest BCUT2D eigenvalue weighted by Gasteiger charge is -2.34. The van der Waals surface area contributed by atoms with E-state index in [2.05, 4.69) is 5.32 Å². The van der Waals surface area contributed by atoms with Crippen LogP contribution in [0.1, 0.15) is 43.4 Å². The number of nitrogens with zero attached hydrogens (tertiary/aromatic N) is 2. The van der Waals surface area contributed by atoms with Crippen molar-refractivity contribution in [2.45, 2.75) is 57.0 Å². The number of halogens is 1. The van der Waals surface area contributed by atoms with Gasteiger partial charge in [0.15, 0.2) is 0 Å². The van der Waals surface area contributed by atoms with Gasteiger partial charge >= 0.3 is 0 Å². The molecule has 45 heavy (non-hydrogen) atoms. The van der Waals surface area contributed by atoms with E-state index < -0.39 is 28.5 Å². The molecule has 0 unspecified atom stereocenters. The molecular formula is C36H40ClN3O4S. The molecule has 4 aromatic rings. The highest BCUT2D eigenvalue weighted by Gasteiger charge is 2.34. The van der Waals surface area contributed by atoms with Gasteiger partial charge < -0.3 is 10.2 Å². The van der Waals surface area contributed by atoms with E-state index in [-0.39, 0.29) is 23.8 Å². The van der Waals surface area contributed by atoms with Gasteiger partial charge in [0.25, 0.3) is 10.0 Å². The van der Waals surface area contributed by atoms with Crippen LogP contribution in [0.25, 0.3) is 0 Å². The van der Waals surface area contributed by atoms with Crippen LogP contribution < -0.4 is 9.62 Å². The van der Waals surface area contributed by atoms with Crippen molar-refractivity contribution in [1.29, 1.82) is 0 Å². The van der Waals surface area contributed by atoms with Crippen molar-refractivity contribution >= 4 is 39.1 Å². The lowest BCUT2D eigenvalue weighted by molar-refractivity contribution is -0.140. The molecule has 0 aliphatic rings. The van der Waals surface area contributed by atoms with Gasteiger partial charge in [0.1, 0.15) is 12.6 Å². The average Bonchev–Trinajstić information content (AvgIpc) is 3.07. The molecule has 9 heteroatoms. The van der Waals surface area contributed by atoms with E-state index in [0.29, 0.717) is 22.8 Å². The molecule has 7 nitrogen and oxygen atoms in total. The molecular weight excluding hydrogens is 606 g/mol. The summed E-state index contributed by atoms with van der Waals surface area (Å²) in [5.74, 6) is -0.835. The van der Waals surface area contributed by atoms with Crippen LogP contribution in [0.4, 0.5) is 5.69 Å². The molecule has 0 saturated heterocycles. The van der Waals surface area contributed by atoms with Gasteiger partial charge in [-0.05, 0) is 59.9 Å². The van der Waals surface area contributed by atoms with Crippen molar-refractivity contribution in [2.75, 3.05) is 17.4 Å². The number of sulfonamides is 1. The SMILES string of the molecule is CCCCNC(=O)[C@H](Cc1ccccc1)N(Cc1ccccc1Cl)C(=O)CN(c1ccc(CC)cc1)S(=O)(=O)c1ccccc1. The summed E-state index contributed by atoms with van der Waals surface area (Å²) in [6.45, 7) is 4.02. The van der Waals surface area contributed by atoms with Gasteiger partial charge in [0.05, 0.1) is 10.6 Å². The molecule has 0 aliphatic carbocycles. The third kappa shape index (κ3) is 8.96. The van der Waals surface area contributed by atoms with Crippen LogP contribution in [-0.2, 0) is 39.0 Å². The zero-order valence-corrected chi connectivity index (χ0v) is 27.3. The zero-order chi connectivity index (χ0) is 32.2. The second-order valence-corrected chi connectivity index (χ2v) is 13.1. The summed E-state index contributed by atoms with van der Waals surface area (Å²) in [5, 5.41) is 3.44. The fourth-order valence-corrected chi connectivity index (χ4v) is 6.65. The highest BCUT2D eigenvalue weighted by atomic mass is 35.5. The highest BCUT2D eigenvalue weighted by Crippen LogP contribution is 2.26. The number of anilines is 1. The summed E-state index contributed by atoms with van der Waals surface area (Å²) < 4.78 is 29.3. The molecule has 0 aromatic heterocycles. The summed E-state index contributed by atoms with van der Waals surface area (Å²) in [6, 6.07) is 30.9. The van der Waals surface area contributed by atoms with Crippen molar-refractivity contribution in [3.05, 3.63) is 131 Å². The smallest absolute Gasteiger partial charge is 0.264 e. The van der Waals surface area contributed by atoms with E-state index >= 15 is 0 Å². The number of rotatable bonds is 15. The standard InChI is InChI=1S/C36H40ClN3O4S/c1-3-5-24-38-36(42)34(25-29-14-8-6-9-15-29)39(26-30-16-12-13-19-33(30)37)35(41)27-40(31-22-20-28(4-2)21-23-31)45(43,44)32-17-10-7-11-18-32/h6-23,34H,3-5,24-27H2,1-2H3,(H,38,42)/t34-/m0/s1. The number of benzene rings is 4. The summed E-state index contributed by atoms with van der Waals surface area (Å²) in [4.78, 5) is 29.8. The van der Waals surface area contributed by atoms with Crippen LogP contribution >= 0.6 is 11.6 Å². The van der Waals surface area contributed by atoms with E-state index in [0.717, 1.165) is 34.7 Å². The number of carbonyl (C=O) groups excluding carboxylic acids is 2. The van der Waals surface area contributed by atoms with E-state index in [9.17, 15) is 18.0 Å². The lowest BCUT2D eigenvalue weighted by Crippen LogP contribution is -2.53. The van der Waals surface area contributed by atoms with Crippen molar-refractivity contribution in [1.82, 2.24) is 10.2 Å². The quantitative estimate of drug-likeness (QED) is 0.147. The molecule has 1 atom stereocenters. The minimum Gasteiger partial charge on any atom is -0.354 e. The molecule has 0 aliphatic heterocycles. The summed E-state index contributed by atoms with van der Waals surface area (Å²) in [5.41, 5.74) is 2.91. The summed E-state index contributed by atoms with van der Waals surface area (Å²) in [7, 11) is -4.15. The first-order valence-corrected chi connectivity index (χ1v) is 17.1. The molecule has 0 bridgehead atoms. The van der Waals surface area contributed by atoms with Crippen molar-refractivity contribution in [3.8, 4) is 0 Å². The third-order valence-electron chi connectivity index (χ3n) is 7.64. The van der Waals surface area contributed by atoms with Gasteiger partial charge in [-0.2, -0.15) is 0 Å². The molecule has 0 spiro atoms. The largest absolute Gasteiger partial charge is 0.354 e. The Kier molecular flexibility index (Phi) is 12.2. The minimum atomic E-state index is -4.15. The maximum atomic E-state index is 14.5. The Hall–Kier alpha value is -4.14. The predicted octanol–water partition coefficient (Wildman–Crippen LogP) is 6.65. The van der Waals surface area contributed by atoms with Crippen molar-refractivity contribution < 1.29 is 18.0 Å². The summed E-state index contributed by atoms with van der Waals surface area (Å²) >= 11 is 6.56.